The smallest absolute Gasteiger partial charge is 0.326 e. The Labute approximate surface area is 114 Å². The molecule has 2 amide bonds. The second-order valence-electron chi connectivity index (χ2n) is 5.97. The van der Waals surface area contributed by atoms with E-state index in [0.29, 0.717) is 18.9 Å². The average Bonchev–Trinajstić information content (AvgIpc) is 2.97. The zero-order valence-corrected chi connectivity index (χ0v) is 11.5. The maximum Gasteiger partial charge on any atom is 0.326 e. The molecule has 2 rings (SSSR count). The highest BCUT2D eigenvalue weighted by Crippen LogP contribution is 2.47. The lowest BCUT2D eigenvalue weighted by molar-refractivity contribution is -0.139. The normalized spacial score (nSPS) is 30.1. The largest absolute Gasteiger partial charge is 0.480 e. The van der Waals surface area contributed by atoms with Crippen LogP contribution >= 0.6 is 0 Å². The van der Waals surface area contributed by atoms with Crippen molar-refractivity contribution in [2.24, 2.45) is 17.8 Å². The SMILES string of the molecule is CCC[C@@H](NC(=O)NCC1CC2CCC1C2)C(=O)O. The molecule has 5 nitrogen and oxygen atoms in total. The number of hydrogen-bond donors (Lipinski definition) is 3. The zero-order valence-electron chi connectivity index (χ0n) is 11.5. The summed E-state index contributed by atoms with van der Waals surface area (Å²) in [5, 5.41) is 14.4. The first-order valence-corrected chi connectivity index (χ1v) is 7.37. The number of hydrogen-bond acceptors (Lipinski definition) is 2. The average molecular weight is 268 g/mol. The van der Waals surface area contributed by atoms with Crippen molar-refractivity contribution in [1.82, 2.24) is 10.6 Å². The van der Waals surface area contributed by atoms with Crippen LogP contribution in [0.2, 0.25) is 0 Å². The highest BCUT2D eigenvalue weighted by atomic mass is 16.4. The van der Waals surface area contributed by atoms with Crippen LogP contribution in [-0.2, 0) is 4.79 Å². The van der Waals surface area contributed by atoms with E-state index in [-0.39, 0.29) is 6.03 Å². The van der Waals surface area contributed by atoms with Crippen molar-refractivity contribution in [1.29, 1.82) is 0 Å². The first-order chi connectivity index (χ1) is 9.10. The summed E-state index contributed by atoms with van der Waals surface area (Å²) in [4.78, 5) is 22.7. The molecule has 0 aromatic heterocycles. The molecule has 5 heteroatoms. The van der Waals surface area contributed by atoms with Crippen molar-refractivity contribution in [3.05, 3.63) is 0 Å². The van der Waals surface area contributed by atoms with E-state index in [2.05, 4.69) is 10.6 Å². The Morgan fingerprint density at radius 2 is 2.11 bits per heavy atom. The molecule has 0 heterocycles. The molecule has 2 bridgehead atoms. The highest BCUT2D eigenvalue weighted by molar-refractivity contribution is 5.82. The van der Waals surface area contributed by atoms with Crippen LogP contribution in [0.5, 0.6) is 0 Å². The number of urea groups is 1. The van der Waals surface area contributed by atoms with E-state index < -0.39 is 12.0 Å². The lowest BCUT2D eigenvalue weighted by atomic mass is 9.89. The van der Waals surface area contributed by atoms with Gasteiger partial charge < -0.3 is 15.7 Å². The van der Waals surface area contributed by atoms with Crippen LogP contribution in [0.1, 0.15) is 45.4 Å². The minimum absolute atomic E-state index is 0.344. The van der Waals surface area contributed by atoms with Crippen molar-refractivity contribution in [2.45, 2.75) is 51.5 Å². The standard InChI is InChI=1S/C14H24N2O3/c1-2-3-12(13(17)18)16-14(19)15-8-11-7-9-4-5-10(11)6-9/h9-12H,2-8H2,1H3,(H,17,18)(H2,15,16,19)/t9?,10?,11?,12-/m1/s1. The van der Waals surface area contributed by atoms with Crippen molar-refractivity contribution < 1.29 is 14.7 Å². The molecule has 0 aromatic rings. The van der Waals surface area contributed by atoms with Crippen LogP contribution in [-0.4, -0.2) is 29.7 Å². The van der Waals surface area contributed by atoms with E-state index in [1.807, 2.05) is 6.92 Å². The summed E-state index contributed by atoms with van der Waals surface area (Å²) in [5.41, 5.74) is 0. The lowest BCUT2D eigenvalue weighted by Crippen LogP contribution is -2.47. The third-order valence-corrected chi connectivity index (χ3v) is 4.59. The topological polar surface area (TPSA) is 78.4 Å². The second-order valence-corrected chi connectivity index (χ2v) is 5.97. The van der Waals surface area contributed by atoms with Crippen LogP contribution < -0.4 is 10.6 Å². The van der Waals surface area contributed by atoms with E-state index in [1.165, 1.54) is 25.7 Å². The Bertz CT molecular complexity index is 346. The van der Waals surface area contributed by atoms with Crippen LogP contribution in [0.4, 0.5) is 4.79 Å². The van der Waals surface area contributed by atoms with E-state index in [0.717, 1.165) is 18.3 Å². The number of carboxylic acids is 1. The number of carbonyl (C=O) groups is 2. The van der Waals surface area contributed by atoms with Gasteiger partial charge in [-0.25, -0.2) is 9.59 Å². The molecule has 0 saturated heterocycles. The van der Waals surface area contributed by atoms with E-state index in [4.69, 9.17) is 5.11 Å². The molecule has 0 aromatic carbocycles. The molecule has 108 valence electrons. The van der Waals surface area contributed by atoms with Crippen LogP contribution in [0.15, 0.2) is 0 Å². The second kappa shape index (κ2) is 6.26. The van der Waals surface area contributed by atoms with Gasteiger partial charge in [0.1, 0.15) is 6.04 Å². The Hall–Kier alpha value is -1.26. The summed E-state index contributed by atoms with van der Waals surface area (Å²) < 4.78 is 0. The van der Waals surface area contributed by atoms with Crippen LogP contribution in [0, 0.1) is 17.8 Å². The first-order valence-electron chi connectivity index (χ1n) is 7.37. The van der Waals surface area contributed by atoms with Gasteiger partial charge in [-0.2, -0.15) is 0 Å². The van der Waals surface area contributed by atoms with Crippen molar-refractivity contribution in [3.63, 3.8) is 0 Å². The van der Waals surface area contributed by atoms with Crippen LogP contribution in [0.3, 0.4) is 0 Å². The summed E-state index contributed by atoms with van der Waals surface area (Å²) in [7, 11) is 0. The van der Waals surface area contributed by atoms with Gasteiger partial charge in [0.05, 0.1) is 0 Å². The number of carbonyl (C=O) groups excluding carboxylic acids is 1. The predicted octanol–water partition coefficient (Wildman–Crippen LogP) is 1.98. The summed E-state index contributed by atoms with van der Waals surface area (Å²) >= 11 is 0. The van der Waals surface area contributed by atoms with Gasteiger partial charge in [-0.3, -0.25) is 0 Å². The molecule has 3 N–H and O–H groups in total. The fourth-order valence-corrected chi connectivity index (χ4v) is 3.61. The first kappa shape index (κ1) is 14.2. The Morgan fingerprint density at radius 3 is 2.63 bits per heavy atom. The fourth-order valence-electron chi connectivity index (χ4n) is 3.61. The number of amides is 2. The van der Waals surface area contributed by atoms with Crippen molar-refractivity contribution >= 4 is 12.0 Å². The molecule has 2 saturated carbocycles. The molecule has 2 fully saturated rings. The molecular weight excluding hydrogens is 244 g/mol. The summed E-state index contributed by atoms with van der Waals surface area (Å²) in [6.45, 7) is 2.59. The lowest BCUT2D eigenvalue weighted by Gasteiger charge is -2.22. The van der Waals surface area contributed by atoms with Gasteiger partial charge in [0, 0.05) is 6.54 Å². The summed E-state index contributed by atoms with van der Waals surface area (Å²) in [6.07, 6.45) is 6.40. The maximum atomic E-state index is 11.7. The third kappa shape index (κ3) is 3.61. The van der Waals surface area contributed by atoms with Gasteiger partial charge in [-0.15, -0.1) is 0 Å². The van der Waals surface area contributed by atoms with E-state index in [1.54, 1.807) is 0 Å². The van der Waals surface area contributed by atoms with Gasteiger partial charge in [-0.1, -0.05) is 19.8 Å². The van der Waals surface area contributed by atoms with Crippen molar-refractivity contribution in [2.75, 3.05) is 6.54 Å². The maximum absolute atomic E-state index is 11.7. The van der Waals surface area contributed by atoms with E-state index in [9.17, 15) is 9.59 Å². The number of fused-ring (bicyclic) bond motifs is 2. The monoisotopic (exact) mass is 268 g/mol. The highest BCUT2D eigenvalue weighted by Gasteiger charge is 2.39. The minimum atomic E-state index is -0.961. The number of aliphatic carboxylic acids is 1. The Balaban J connectivity index is 1.70. The fraction of sp³-hybridized carbons (Fsp3) is 0.857. The van der Waals surface area contributed by atoms with Gasteiger partial charge in [0.2, 0.25) is 0 Å². The van der Waals surface area contributed by atoms with Gasteiger partial charge >= 0.3 is 12.0 Å². The molecule has 0 aliphatic heterocycles. The molecule has 0 spiro atoms. The number of nitrogens with one attached hydrogen (secondary N) is 2. The number of carboxylic acid groups (broad SMARTS) is 1. The zero-order chi connectivity index (χ0) is 13.8. The molecule has 2 aliphatic rings. The Morgan fingerprint density at radius 1 is 1.32 bits per heavy atom. The quantitative estimate of drug-likeness (QED) is 0.689. The minimum Gasteiger partial charge on any atom is -0.480 e. The molecule has 4 atom stereocenters. The Kier molecular flexibility index (Phi) is 4.66. The molecule has 2 aliphatic carbocycles. The molecular formula is C14H24N2O3. The van der Waals surface area contributed by atoms with E-state index >= 15 is 0 Å². The van der Waals surface area contributed by atoms with Gasteiger partial charge in [0.15, 0.2) is 0 Å². The number of rotatable bonds is 6. The molecule has 3 unspecified atom stereocenters. The third-order valence-electron chi connectivity index (χ3n) is 4.59. The van der Waals surface area contributed by atoms with Gasteiger partial charge in [0.25, 0.3) is 0 Å². The molecule has 19 heavy (non-hydrogen) atoms. The predicted molar refractivity (Wildman–Crippen MR) is 71.8 cm³/mol. The van der Waals surface area contributed by atoms with Crippen LogP contribution in [0.25, 0.3) is 0 Å². The summed E-state index contributed by atoms with van der Waals surface area (Å²) in [6, 6.07) is -1.12. The van der Waals surface area contributed by atoms with Crippen molar-refractivity contribution in [3.8, 4) is 0 Å². The molecule has 0 radical (unpaired) electrons. The van der Waals surface area contributed by atoms with Gasteiger partial charge in [-0.05, 0) is 43.4 Å². The summed E-state index contributed by atoms with van der Waals surface area (Å²) in [5.74, 6) is 1.28.